The Labute approximate surface area is 174 Å². The van der Waals surface area contributed by atoms with E-state index in [0.29, 0.717) is 18.0 Å². The first-order chi connectivity index (χ1) is 13.9. The molecule has 2 N–H and O–H groups in total. The van der Waals surface area contributed by atoms with E-state index in [-0.39, 0.29) is 18.2 Å². The first kappa shape index (κ1) is 21.2. The van der Waals surface area contributed by atoms with Crippen molar-refractivity contribution in [2.45, 2.75) is 45.9 Å². The van der Waals surface area contributed by atoms with Gasteiger partial charge in [0.25, 0.3) is 5.91 Å². The second-order valence-electron chi connectivity index (χ2n) is 8.35. The highest BCUT2D eigenvalue weighted by Gasteiger charge is 2.23. The quantitative estimate of drug-likeness (QED) is 0.738. The summed E-state index contributed by atoms with van der Waals surface area (Å²) in [5.41, 5.74) is 4.01. The summed E-state index contributed by atoms with van der Waals surface area (Å²) in [6.45, 7) is 7.91. The Morgan fingerprint density at radius 2 is 1.93 bits per heavy atom. The molecule has 2 aromatic rings. The first-order valence-electron chi connectivity index (χ1n) is 10.5. The molecule has 1 amide bonds. The van der Waals surface area contributed by atoms with Crippen molar-refractivity contribution < 1.29 is 9.90 Å². The van der Waals surface area contributed by atoms with Crippen molar-refractivity contribution in [2.24, 2.45) is 5.92 Å². The second-order valence-corrected chi connectivity index (χ2v) is 8.35. The predicted octanol–water partition coefficient (Wildman–Crippen LogP) is 4.19. The van der Waals surface area contributed by atoms with Crippen LogP contribution in [0.5, 0.6) is 0 Å². The number of rotatable bonds is 7. The number of benzene rings is 2. The molecule has 1 aliphatic rings. The van der Waals surface area contributed by atoms with Gasteiger partial charge in [0, 0.05) is 37.1 Å². The van der Waals surface area contributed by atoms with Gasteiger partial charge < -0.3 is 20.2 Å². The fourth-order valence-electron chi connectivity index (χ4n) is 3.71. The van der Waals surface area contributed by atoms with Crippen molar-refractivity contribution in [1.29, 1.82) is 0 Å². The molecule has 0 aliphatic carbocycles. The largest absolute Gasteiger partial charge is 0.374 e. The van der Waals surface area contributed by atoms with Crippen LogP contribution in [-0.2, 0) is 0 Å². The summed E-state index contributed by atoms with van der Waals surface area (Å²) in [6, 6.07) is 16.3. The third-order valence-corrected chi connectivity index (χ3v) is 5.69. The van der Waals surface area contributed by atoms with E-state index >= 15 is 0 Å². The summed E-state index contributed by atoms with van der Waals surface area (Å²) in [5, 5.41) is 13.1. The third-order valence-electron chi connectivity index (χ3n) is 5.69. The predicted molar refractivity (Wildman–Crippen MR) is 119 cm³/mol. The van der Waals surface area contributed by atoms with Gasteiger partial charge in [-0.2, -0.15) is 0 Å². The van der Waals surface area contributed by atoms with Crippen LogP contribution in [0.1, 0.15) is 55.6 Å². The molecule has 1 saturated heterocycles. The molecular weight excluding hydrogens is 362 g/mol. The van der Waals surface area contributed by atoms with E-state index in [1.807, 2.05) is 24.3 Å². The zero-order valence-electron chi connectivity index (χ0n) is 17.9. The number of aliphatic hydroxyl groups excluding tert-OH is 1. The van der Waals surface area contributed by atoms with Crippen LogP contribution in [0, 0.1) is 5.92 Å². The van der Waals surface area contributed by atoms with E-state index in [0.717, 1.165) is 30.8 Å². The normalized spacial score (nSPS) is 17.4. The molecule has 2 atom stereocenters. The molecule has 5 heteroatoms. The van der Waals surface area contributed by atoms with Crippen molar-refractivity contribution in [3.8, 4) is 0 Å². The van der Waals surface area contributed by atoms with Crippen LogP contribution in [0.15, 0.2) is 48.5 Å². The maximum atomic E-state index is 12.2. The van der Waals surface area contributed by atoms with Crippen molar-refractivity contribution in [3.05, 3.63) is 59.7 Å². The van der Waals surface area contributed by atoms with E-state index in [1.54, 1.807) is 0 Å². The SMILES string of the molecule is CC(C)CNC(=O)c1ccc(N(C)[C@@H](C)c2cccc(N3CCCC3O)c2)cc1. The Hall–Kier alpha value is -2.53. The molecule has 2 aromatic carbocycles. The number of hydrogen-bond acceptors (Lipinski definition) is 4. The molecule has 0 radical (unpaired) electrons. The van der Waals surface area contributed by atoms with Crippen LogP contribution in [0.2, 0.25) is 0 Å². The number of carbonyl (C=O) groups is 1. The minimum atomic E-state index is -0.382. The molecule has 29 heavy (non-hydrogen) atoms. The molecule has 0 saturated carbocycles. The number of nitrogens with one attached hydrogen (secondary N) is 1. The van der Waals surface area contributed by atoms with Crippen molar-refractivity contribution in [1.82, 2.24) is 5.32 Å². The van der Waals surface area contributed by atoms with Gasteiger partial charge in [0.05, 0.1) is 6.04 Å². The van der Waals surface area contributed by atoms with E-state index in [9.17, 15) is 9.90 Å². The average molecular weight is 396 g/mol. The Morgan fingerprint density at radius 3 is 2.55 bits per heavy atom. The van der Waals surface area contributed by atoms with Gasteiger partial charge >= 0.3 is 0 Å². The molecule has 1 fully saturated rings. The molecule has 0 aromatic heterocycles. The zero-order chi connectivity index (χ0) is 21.0. The average Bonchev–Trinajstić information content (AvgIpc) is 3.17. The summed E-state index contributed by atoms with van der Waals surface area (Å²) in [6.07, 6.45) is 1.47. The van der Waals surface area contributed by atoms with Crippen molar-refractivity contribution in [3.63, 3.8) is 0 Å². The zero-order valence-corrected chi connectivity index (χ0v) is 17.9. The summed E-state index contributed by atoms with van der Waals surface area (Å²) in [4.78, 5) is 16.5. The Balaban J connectivity index is 1.70. The molecule has 156 valence electrons. The highest BCUT2D eigenvalue weighted by atomic mass is 16.3. The maximum Gasteiger partial charge on any atom is 0.251 e. The number of nitrogens with zero attached hydrogens (tertiary/aromatic N) is 2. The molecule has 1 aliphatic heterocycles. The van der Waals surface area contributed by atoms with E-state index in [4.69, 9.17) is 0 Å². The monoisotopic (exact) mass is 395 g/mol. The van der Waals surface area contributed by atoms with E-state index < -0.39 is 0 Å². The number of anilines is 2. The van der Waals surface area contributed by atoms with Gasteiger partial charge in [-0.3, -0.25) is 4.79 Å². The van der Waals surface area contributed by atoms with E-state index in [1.165, 1.54) is 5.56 Å². The minimum absolute atomic E-state index is 0.0298. The van der Waals surface area contributed by atoms with E-state index in [2.05, 4.69) is 67.2 Å². The number of amides is 1. The van der Waals surface area contributed by atoms with Gasteiger partial charge in [0.2, 0.25) is 0 Å². The van der Waals surface area contributed by atoms with Gasteiger partial charge in [-0.1, -0.05) is 26.0 Å². The smallest absolute Gasteiger partial charge is 0.251 e. The fourth-order valence-corrected chi connectivity index (χ4v) is 3.71. The lowest BCUT2D eigenvalue weighted by molar-refractivity contribution is 0.0949. The molecule has 5 nitrogen and oxygen atoms in total. The first-order valence-corrected chi connectivity index (χ1v) is 10.5. The second kappa shape index (κ2) is 9.31. The standard InChI is InChI=1S/C24H33N3O2/c1-17(2)16-25-24(29)19-10-12-21(13-11-19)26(4)18(3)20-7-5-8-22(15-20)27-14-6-9-23(27)28/h5,7-8,10-13,15,17-18,23,28H,6,9,14,16H2,1-4H3,(H,25,29)/t18-,23?/m0/s1. The fraction of sp³-hybridized carbons (Fsp3) is 0.458. The van der Waals surface area contributed by atoms with Crippen LogP contribution < -0.4 is 15.1 Å². The number of carbonyl (C=O) groups excluding carboxylic acids is 1. The highest BCUT2D eigenvalue weighted by molar-refractivity contribution is 5.94. The Bertz CT molecular complexity index is 819. The minimum Gasteiger partial charge on any atom is -0.374 e. The molecule has 1 heterocycles. The maximum absolute atomic E-state index is 12.2. The Kier molecular flexibility index (Phi) is 6.80. The molecule has 0 spiro atoms. The van der Waals surface area contributed by atoms with Crippen LogP contribution in [0.4, 0.5) is 11.4 Å². The topological polar surface area (TPSA) is 55.8 Å². The summed E-state index contributed by atoms with van der Waals surface area (Å²) in [7, 11) is 2.07. The van der Waals surface area contributed by atoms with Crippen molar-refractivity contribution in [2.75, 3.05) is 29.9 Å². The summed E-state index contributed by atoms with van der Waals surface area (Å²) in [5.74, 6) is 0.403. The van der Waals surface area contributed by atoms with Crippen LogP contribution in [0.25, 0.3) is 0 Å². The van der Waals surface area contributed by atoms with Crippen molar-refractivity contribution >= 4 is 17.3 Å². The van der Waals surface area contributed by atoms with Gasteiger partial charge in [0.1, 0.15) is 6.23 Å². The molecule has 3 rings (SSSR count). The van der Waals surface area contributed by atoms with Crippen LogP contribution in [0.3, 0.4) is 0 Å². The van der Waals surface area contributed by atoms with Crippen LogP contribution >= 0.6 is 0 Å². The number of hydrogen-bond donors (Lipinski definition) is 2. The molecule has 0 bridgehead atoms. The number of aliphatic hydroxyl groups is 1. The third kappa shape index (κ3) is 5.10. The lowest BCUT2D eigenvalue weighted by Crippen LogP contribution is -2.29. The lowest BCUT2D eigenvalue weighted by Gasteiger charge is -2.29. The Morgan fingerprint density at radius 1 is 1.21 bits per heavy atom. The molecular formula is C24H33N3O2. The lowest BCUT2D eigenvalue weighted by atomic mass is 10.0. The van der Waals surface area contributed by atoms with Gasteiger partial charge in [-0.25, -0.2) is 0 Å². The van der Waals surface area contributed by atoms with Gasteiger partial charge in [-0.15, -0.1) is 0 Å². The van der Waals surface area contributed by atoms with Crippen LogP contribution in [-0.4, -0.2) is 37.4 Å². The summed E-state index contributed by atoms with van der Waals surface area (Å²) < 4.78 is 0. The highest BCUT2D eigenvalue weighted by Crippen LogP contribution is 2.30. The molecule has 1 unspecified atom stereocenters. The van der Waals surface area contributed by atoms with Gasteiger partial charge in [0.15, 0.2) is 0 Å². The summed E-state index contributed by atoms with van der Waals surface area (Å²) >= 11 is 0. The van der Waals surface area contributed by atoms with Gasteiger partial charge in [-0.05, 0) is 67.6 Å².